The molecule has 0 aromatic rings. The zero-order valence-corrected chi connectivity index (χ0v) is 10.6. The molecule has 92 valence electrons. The van der Waals surface area contributed by atoms with Gasteiger partial charge < -0.3 is 10.5 Å². The molecule has 0 spiro atoms. The Kier molecular flexibility index (Phi) is 4.04. The molecule has 4 atom stereocenters. The molecule has 0 aromatic carbocycles. The normalized spacial score (nSPS) is 40.6. The number of hydrogen-bond acceptors (Lipinski definition) is 2. The maximum Gasteiger partial charge on any atom is 0.0646 e. The maximum atomic E-state index is 6.01. The quantitative estimate of drug-likeness (QED) is 0.731. The van der Waals surface area contributed by atoms with E-state index in [0.29, 0.717) is 23.9 Å². The van der Waals surface area contributed by atoms with Crippen LogP contribution < -0.4 is 5.73 Å². The topological polar surface area (TPSA) is 35.2 Å². The maximum absolute atomic E-state index is 6.01. The highest BCUT2D eigenvalue weighted by Crippen LogP contribution is 2.36. The van der Waals surface area contributed by atoms with E-state index in [0.717, 1.165) is 13.2 Å². The molecule has 1 heterocycles. The first-order valence-electron chi connectivity index (χ1n) is 6.69. The summed E-state index contributed by atoms with van der Waals surface area (Å²) in [5.41, 5.74) is 7.41. The first-order chi connectivity index (χ1) is 7.70. The molecule has 1 aliphatic heterocycles. The molecule has 2 N–H and O–H groups in total. The number of hydrogen-bond donors (Lipinski definition) is 1. The van der Waals surface area contributed by atoms with Crippen LogP contribution in [0.4, 0.5) is 0 Å². The fraction of sp³-hybridized carbons (Fsp3) is 0.857. The largest absolute Gasteiger partial charge is 0.378 e. The van der Waals surface area contributed by atoms with Gasteiger partial charge in [0.2, 0.25) is 0 Å². The Morgan fingerprint density at radius 1 is 1.50 bits per heavy atom. The van der Waals surface area contributed by atoms with Gasteiger partial charge in [0.05, 0.1) is 6.10 Å². The van der Waals surface area contributed by atoms with Crippen LogP contribution in [-0.2, 0) is 4.74 Å². The fourth-order valence-electron chi connectivity index (χ4n) is 3.48. The van der Waals surface area contributed by atoms with Crippen LogP contribution in [0, 0.1) is 17.8 Å². The Morgan fingerprint density at radius 2 is 2.31 bits per heavy atom. The number of allylic oxidation sites excluding steroid dienone is 2. The average Bonchev–Trinajstić information content (AvgIpc) is 2.27. The zero-order chi connectivity index (χ0) is 11.5. The highest BCUT2D eigenvalue weighted by Gasteiger charge is 2.34. The second kappa shape index (κ2) is 5.33. The molecule has 4 unspecified atom stereocenters. The van der Waals surface area contributed by atoms with Gasteiger partial charge in [0.25, 0.3) is 0 Å². The van der Waals surface area contributed by atoms with Crippen molar-refractivity contribution in [2.45, 2.75) is 45.6 Å². The highest BCUT2D eigenvalue weighted by atomic mass is 16.5. The van der Waals surface area contributed by atoms with E-state index in [1.54, 1.807) is 0 Å². The summed E-state index contributed by atoms with van der Waals surface area (Å²) in [5.74, 6) is 2.01. The molecule has 16 heavy (non-hydrogen) atoms. The molecule has 1 aliphatic carbocycles. The molecule has 2 aliphatic rings. The summed E-state index contributed by atoms with van der Waals surface area (Å²) < 4.78 is 6.01. The van der Waals surface area contributed by atoms with E-state index in [2.05, 4.69) is 19.9 Å². The first-order valence-corrected chi connectivity index (χ1v) is 6.69. The summed E-state index contributed by atoms with van der Waals surface area (Å²) in [7, 11) is 0. The minimum absolute atomic E-state index is 0.421. The summed E-state index contributed by atoms with van der Waals surface area (Å²) in [4.78, 5) is 0. The van der Waals surface area contributed by atoms with Gasteiger partial charge in [-0.2, -0.15) is 0 Å². The molecule has 1 saturated heterocycles. The van der Waals surface area contributed by atoms with Crippen molar-refractivity contribution in [3.8, 4) is 0 Å². The van der Waals surface area contributed by atoms with Crippen LogP contribution in [-0.4, -0.2) is 19.3 Å². The summed E-state index contributed by atoms with van der Waals surface area (Å²) in [6.45, 7) is 6.30. The van der Waals surface area contributed by atoms with Crippen molar-refractivity contribution < 1.29 is 4.74 Å². The molecular weight excluding hydrogens is 198 g/mol. The van der Waals surface area contributed by atoms with Crippen molar-refractivity contribution in [3.63, 3.8) is 0 Å². The van der Waals surface area contributed by atoms with E-state index in [4.69, 9.17) is 10.5 Å². The second-order valence-corrected chi connectivity index (χ2v) is 5.66. The molecule has 1 fully saturated rings. The predicted molar refractivity (Wildman–Crippen MR) is 67.2 cm³/mol. The lowest BCUT2D eigenvalue weighted by molar-refractivity contribution is -0.0627. The molecule has 2 heteroatoms. The van der Waals surface area contributed by atoms with Gasteiger partial charge >= 0.3 is 0 Å². The lowest BCUT2D eigenvalue weighted by Crippen LogP contribution is -2.41. The molecular formula is C14H25NO. The number of ether oxygens (including phenoxy) is 1. The lowest BCUT2D eigenvalue weighted by atomic mass is 9.75. The number of rotatable bonds is 2. The van der Waals surface area contributed by atoms with Crippen LogP contribution in [0.5, 0.6) is 0 Å². The van der Waals surface area contributed by atoms with Crippen LogP contribution in [0.1, 0.15) is 39.5 Å². The Balaban J connectivity index is 2.02. The molecule has 0 saturated carbocycles. The highest BCUT2D eigenvalue weighted by molar-refractivity contribution is 5.07. The van der Waals surface area contributed by atoms with Gasteiger partial charge in [0.15, 0.2) is 0 Å². The zero-order valence-electron chi connectivity index (χ0n) is 10.6. The van der Waals surface area contributed by atoms with E-state index in [9.17, 15) is 0 Å². The van der Waals surface area contributed by atoms with Crippen molar-refractivity contribution >= 4 is 0 Å². The summed E-state index contributed by atoms with van der Waals surface area (Å²) in [5, 5.41) is 0. The number of nitrogens with two attached hydrogens (primary N) is 1. The van der Waals surface area contributed by atoms with Gasteiger partial charge in [0.1, 0.15) is 0 Å². The van der Waals surface area contributed by atoms with Gasteiger partial charge in [-0.05, 0) is 56.9 Å². The van der Waals surface area contributed by atoms with E-state index in [1.807, 2.05) is 0 Å². The van der Waals surface area contributed by atoms with Crippen LogP contribution in [0.3, 0.4) is 0 Å². The molecule has 0 amide bonds. The van der Waals surface area contributed by atoms with Crippen molar-refractivity contribution in [3.05, 3.63) is 11.6 Å². The van der Waals surface area contributed by atoms with Crippen LogP contribution in [0.2, 0.25) is 0 Å². The molecule has 0 aromatic heterocycles. The van der Waals surface area contributed by atoms with Crippen molar-refractivity contribution in [1.29, 1.82) is 0 Å². The van der Waals surface area contributed by atoms with Gasteiger partial charge in [-0.3, -0.25) is 0 Å². The van der Waals surface area contributed by atoms with Crippen LogP contribution >= 0.6 is 0 Å². The Hall–Kier alpha value is -0.340. The molecule has 2 rings (SSSR count). The third-order valence-electron chi connectivity index (χ3n) is 4.09. The van der Waals surface area contributed by atoms with E-state index < -0.39 is 0 Å². The van der Waals surface area contributed by atoms with E-state index in [1.165, 1.54) is 31.3 Å². The van der Waals surface area contributed by atoms with E-state index >= 15 is 0 Å². The third kappa shape index (κ3) is 2.67. The van der Waals surface area contributed by atoms with Crippen LogP contribution in [0.15, 0.2) is 11.6 Å². The monoisotopic (exact) mass is 223 g/mol. The SMILES string of the molecule is CC1=CC(C)CC(C2OCCCC2CN)C1. The van der Waals surface area contributed by atoms with Gasteiger partial charge in [-0.25, -0.2) is 0 Å². The van der Waals surface area contributed by atoms with Gasteiger partial charge in [0, 0.05) is 6.61 Å². The lowest BCUT2D eigenvalue weighted by Gasteiger charge is -2.39. The summed E-state index contributed by atoms with van der Waals surface area (Å²) >= 11 is 0. The van der Waals surface area contributed by atoms with Crippen molar-refractivity contribution in [2.75, 3.05) is 13.2 Å². The van der Waals surface area contributed by atoms with Gasteiger partial charge in [-0.15, -0.1) is 0 Å². The Morgan fingerprint density at radius 3 is 3.00 bits per heavy atom. The predicted octanol–water partition coefficient (Wildman–Crippen LogP) is 2.73. The summed E-state index contributed by atoms with van der Waals surface area (Å²) in [6.07, 6.45) is 7.77. The minimum atomic E-state index is 0.421. The fourth-order valence-corrected chi connectivity index (χ4v) is 3.48. The minimum Gasteiger partial charge on any atom is -0.378 e. The molecule has 2 nitrogen and oxygen atoms in total. The molecule has 0 bridgehead atoms. The standard InChI is InChI=1S/C14H25NO/c1-10-6-11(2)8-13(7-10)14-12(9-15)4-3-5-16-14/h6,10,12-14H,3-5,7-9,15H2,1-2H3. The Bertz CT molecular complexity index is 261. The van der Waals surface area contributed by atoms with Crippen molar-refractivity contribution in [2.24, 2.45) is 23.5 Å². The van der Waals surface area contributed by atoms with Crippen molar-refractivity contribution in [1.82, 2.24) is 0 Å². The van der Waals surface area contributed by atoms with Crippen LogP contribution in [0.25, 0.3) is 0 Å². The van der Waals surface area contributed by atoms with Gasteiger partial charge in [-0.1, -0.05) is 18.6 Å². The Labute approximate surface area is 99.2 Å². The summed E-state index contributed by atoms with van der Waals surface area (Å²) in [6, 6.07) is 0. The molecule has 0 radical (unpaired) electrons. The third-order valence-corrected chi connectivity index (χ3v) is 4.09. The second-order valence-electron chi connectivity index (χ2n) is 5.66. The first kappa shape index (κ1) is 12.1. The average molecular weight is 223 g/mol. The smallest absolute Gasteiger partial charge is 0.0646 e. The van der Waals surface area contributed by atoms with E-state index in [-0.39, 0.29) is 0 Å².